The normalized spacial score (nSPS) is 38.2. The molecule has 1 fully saturated rings. The Balaban J connectivity index is 2.22. The standard InChI is InChI=1S/C5H10OS2/c1-4-3-7-5(2-6)8-4/h4-6H,2-3H2,1H3. The molecule has 1 heterocycles. The third-order valence-corrected chi connectivity index (χ3v) is 4.30. The minimum absolute atomic E-state index is 0.333. The van der Waals surface area contributed by atoms with Crippen molar-refractivity contribution in [1.29, 1.82) is 0 Å². The van der Waals surface area contributed by atoms with Gasteiger partial charge in [-0.25, -0.2) is 0 Å². The van der Waals surface area contributed by atoms with E-state index in [1.54, 1.807) is 0 Å². The molecule has 0 radical (unpaired) electrons. The maximum absolute atomic E-state index is 8.64. The lowest BCUT2D eigenvalue weighted by atomic mass is 10.6. The molecular formula is C5H10OS2. The average molecular weight is 150 g/mol. The van der Waals surface area contributed by atoms with Gasteiger partial charge in [-0.3, -0.25) is 0 Å². The second-order valence-corrected chi connectivity index (χ2v) is 5.07. The summed E-state index contributed by atoms with van der Waals surface area (Å²) in [6.45, 7) is 2.53. The van der Waals surface area contributed by atoms with Gasteiger partial charge in [0.15, 0.2) is 0 Å². The highest BCUT2D eigenvalue weighted by Crippen LogP contribution is 2.36. The maximum Gasteiger partial charge on any atom is 0.0736 e. The van der Waals surface area contributed by atoms with Gasteiger partial charge in [-0.1, -0.05) is 6.92 Å². The Bertz CT molecular complexity index is 76.8. The van der Waals surface area contributed by atoms with Crippen molar-refractivity contribution in [3.8, 4) is 0 Å². The molecule has 48 valence electrons. The second kappa shape index (κ2) is 2.99. The van der Waals surface area contributed by atoms with Crippen LogP contribution in [0.25, 0.3) is 0 Å². The van der Waals surface area contributed by atoms with E-state index in [0.29, 0.717) is 11.2 Å². The molecule has 1 nitrogen and oxygen atoms in total. The summed E-state index contributed by atoms with van der Waals surface area (Å²) in [5, 5.41) is 9.39. The summed E-state index contributed by atoms with van der Waals surface area (Å²) in [6, 6.07) is 0. The molecule has 2 unspecified atom stereocenters. The average Bonchev–Trinajstić information content (AvgIpc) is 2.14. The van der Waals surface area contributed by atoms with Crippen molar-refractivity contribution in [2.75, 3.05) is 12.4 Å². The first kappa shape index (κ1) is 6.78. The predicted molar refractivity (Wildman–Crippen MR) is 40.4 cm³/mol. The highest BCUT2D eigenvalue weighted by molar-refractivity contribution is 8.20. The van der Waals surface area contributed by atoms with Crippen LogP contribution in [0, 0.1) is 0 Å². The number of rotatable bonds is 1. The SMILES string of the molecule is CC1CSC(CO)S1. The number of hydrogen-bond acceptors (Lipinski definition) is 3. The zero-order valence-corrected chi connectivity index (χ0v) is 6.47. The number of hydrogen-bond donors (Lipinski definition) is 1. The fourth-order valence-electron chi connectivity index (χ4n) is 0.676. The Morgan fingerprint density at radius 3 is 2.75 bits per heavy atom. The van der Waals surface area contributed by atoms with Gasteiger partial charge in [-0.05, 0) is 0 Å². The van der Waals surface area contributed by atoms with Gasteiger partial charge in [0.25, 0.3) is 0 Å². The highest BCUT2D eigenvalue weighted by atomic mass is 32.2. The van der Waals surface area contributed by atoms with E-state index in [2.05, 4.69) is 6.92 Å². The van der Waals surface area contributed by atoms with Crippen molar-refractivity contribution in [2.45, 2.75) is 16.8 Å². The van der Waals surface area contributed by atoms with E-state index in [4.69, 9.17) is 5.11 Å². The van der Waals surface area contributed by atoms with Crippen molar-refractivity contribution < 1.29 is 5.11 Å². The Morgan fingerprint density at radius 2 is 2.50 bits per heavy atom. The van der Waals surface area contributed by atoms with E-state index in [9.17, 15) is 0 Å². The van der Waals surface area contributed by atoms with E-state index in [1.807, 2.05) is 23.5 Å². The molecule has 8 heavy (non-hydrogen) atoms. The van der Waals surface area contributed by atoms with E-state index in [-0.39, 0.29) is 0 Å². The molecule has 3 heteroatoms. The zero-order valence-electron chi connectivity index (χ0n) is 4.83. The predicted octanol–water partition coefficient (Wildman–Crippen LogP) is 1.17. The van der Waals surface area contributed by atoms with E-state index in [0.717, 1.165) is 5.25 Å². The molecule has 0 aromatic heterocycles. The minimum atomic E-state index is 0.333. The number of thioether (sulfide) groups is 2. The van der Waals surface area contributed by atoms with Crippen LogP contribution in [0.1, 0.15) is 6.92 Å². The molecule has 0 bridgehead atoms. The van der Waals surface area contributed by atoms with E-state index >= 15 is 0 Å². The van der Waals surface area contributed by atoms with Crippen LogP contribution in [0.15, 0.2) is 0 Å². The minimum Gasteiger partial charge on any atom is -0.394 e. The summed E-state index contributed by atoms with van der Waals surface area (Å²) >= 11 is 3.74. The summed E-state index contributed by atoms with van der Waals surface area (Å²) in [5.74, 6) is 1.20. The zero-order chi connectivity index (χ0) is 5.98. The molecule has 0 aromatic carbocycles. The summed E-state index contributed by atoms with van der Waals surface area (Å²) in [4.78, 5) is 0. The van der Waals surface area contributed by atoms with Gasteiger partial charge >= 0.3 is 0 Å². The smallest absolute Gasteiger partial charge is 0.0736 e. The Morgan fingerprint density at radius 1 is 1.75 bits per heavy atom. The lowest BCUT2D eigenvalue weighted by Crippen LogP contribution is -1.98. The van der Waals surface area contributed by atoms with Crippen LogP contribution in [0.3, 0.4) is 0 Å². The molecular weight excluding hydrogens is 140 g/mol. The molecule has 0 amide bonds. The van der Waals surface area contributed by atoms with Crippen LogP contribution in [-0.2, 0) is 0 Å². The van der Waals surface area contributed by atoms with Crippen molar-refractivity contribution in [3.05, 3.63) is 0 Å². The van der Waals surface area contributed by atoms with E-state index in [1.165, 1.54) is 5.75 Å². The van der Waals surface area contributed by atoms with Crippen molar-refractivity contribution in [2.24, 2.45) is 0 Å². The van der Waals surface area contributed by atoms with Gasteiger partial charge in [-0.15, -0.1) is 23.5 Å². The van der Waals surface area contributed by atoms with Gasteiger partial charge < -0.3 is 5.11 Å². The largest absolute Gasteiger partial charge is 0.394 e. The quantitative estimate of drug-likeness (QED) is 0.606. The Kier molecular flexibility index (Phi) is 2.53. The topological polar surface area (TPSA) is 20.2 Å². The number of aliphatic hydroxyl groups excluding tert-OH is 1. The number of aliphatic hydroxyl groups is 1. The molecule has 0 saturated carbocycles. The van der Waals surface area contributed by atoms with Crippen LogP contribution >= 0.6 is 23.5 Å². The van der Waals surface area contributed by atoms with Gasteiger partial charge in [0.05, 0.1) is 11.2 Å². The van der Waals surface area contributed by atoms with Gasteiger partial charge in [-0.2, -0.15) is 0 Å². The highest BCUT2D eigenvalue weighted by Gasteiger charge is 2.20. The Hall–Kier alpha value is 0.660. The summed E-state index contributed by atoms with van der Waals surface area (Å²) in [7, 11) is 0. The van der Waals surface area contributed by atoms with Crippen molar-refractivity contribution in [3.63, 3.8) is 0 Å². The Labute approximate surface area is 58.2 Å². The molecule has 1 aliphatic heterocycles. The molecule has 2 atom stereocenters. The first-order valence-electron chi connectivity index (χ1n) is 2.71. The van der Waals surface area contributed by atoms with Crippen molar-refractivity contribution >= 4 is 23.5 Å². The molecule has 1 saturated heterocycles. The van der Waals surface area contributed by atoms with Gasteiger partial charge in [0.2, 0.25) is 0 Å². The first-order chi connectivity index (χ1) is 3.83. The molecule has 1 N–H and O–H groups in total. The van der Waals surface area contributed by atoms with Crippen molar-refractivity contribution in [1.82, 2.24) is 0 Å². The lowest BCUT2D eigenvalue weighted by Gasteiger charge is -2.00. The third kappa shape index (κ3) is 1.57. The summed E-state index contributed by atoms with van der Waals surface area (Å²) < 4.78 is 0.463. The molecule has 0 spiro atoms. The lowest BCUT2D eigenvalue weighted by molar-refractivity contribution is 0.316. The fourth-order valence-corrected chi connectivity index (χ4v) is 3.54. The molecule has 1 rings (SSSR count). The fraction of sp³-hybridized carbons (Fsp3) is 1.00. The van der Waals surface area contributed by atoms with Gasteiger partial charge in [0, 0.05) is 11.0 Å². The van der Waals surface area contributed by atoms with Crippen LogP contribution in [0.4, 0.5) is 0 Å². The maximum atomic E-state index is 8.64. The van der Waals surface area contributed by atoms with Gasteiger partial charge in [0.1, 0.15) is 0 Å². The third-order valence-electron chi connectivity index (χ3n) is 1.05. The monoisotopic (exact) mass is 150 g/mol. The van der Waals surface area contributed by atoms with E-state index < -0.39 is 0 Å². The molecule has 0 aliphatic carbocycles. The second-order valence-electron chi connectivity index (χ2n) is 1.89. The van der Waals surface area contributed by atoms with Crippen LogP contribution < -0.4 is 0 Å². The van der Waals surface area contributed by atoms with Crippen LogP contribution in [0.2, 0.25) is 0 Å². The van der Waals surface area contributed by atoms with Crippen LogP contribution in [-0.4, -0.2) is 27.3 Å². The first-order valence-corrected chi connectivity index (χ1v) is 4.70. The molecule has 1 aliphatic rings. The molecule has 0 aromatic rings. The summed E-state index contributed by atoms with van der Waals surface area (Å²) in [6.07, 6.45) is 0. The summed E-state index contributed by atoms with van der Waals surface area (Å²) in [5.41, 5.74) is 0. The van der Waals surface area contributed by atoms with Crippen LogP contribution in [0.5, 0.6) is 0 Å².